The highest BCUT2D eigenvalue weighted by Crippen LogP contribution is 2.25. The zero-order chi connectivity index (χ0) is 13.1. The van der Waals surface area contributed by atoms with Crippen LogP contribution in [0.4, 0.5) is 4.39 Å². The summed E-state index contributed by atoms with van der Waals surface area (Å²) in [5.74, 6) is 0.256. The van der Waals surface area contributed by atoms with Gasteiger partial charge in [0.2, 0.25) is 0 Å². The molecule has 0 spiro atoms. The molecule has 0 radical (unpaired) electrons. The van der Waals surface area contributed by atoms with Crippen LogP contribution in [0, 0.1) is 5.82 Å². The molecular weight excluding hydrogens is 367 g/mol. The first-order chi connectivity index (χ1) is 8.56. The molecule has 0 unspecified atom stereocenters. The van der Waals surface area contributed by atoms with E-state index < -0.39 is 11.9 Å². The minimum atomic E-state index is -0.423. The number of nitrogens with zero attached hydrogens (tertiary/aromatic N) is 2. The Balaban J connectivity index is 2.15. The molecule has 3 nitrogen and oxygen atoms in total. The fourth-order valence-electron chi connectivity index (χ4n) is 1.35. The highest BCUT2D eigenvalue weighted by molar-refractivity contribution is 9.10. The summed E-state index contributed by atoms with van der Waals surface area (Å²) in [6.45, 7) is 1.77. The van der Waals surface area contributed by atoms with Crippen molar-refractivity contribution < 1.29 is 9.13 Å². The molecule has 1 atom stereocenters. The number of aromatic nitrogens is 2. The molecule has 1 aromatic heterocycles. The van der Waals surface area contributed by atoms with E-state index in [-0.39, 0.29) is 5.75 Å². The first-order valence-electron chi connectivity index (χ1n) is 5.15. The molecule has 0 amide bonds. The third-order valence-corrected chi connectivity index (χ3v) is 3.10. The summed E-state index contributed by atoms with van der Waals surface area (Å²) >= 11 is 6.44. The van der Waals surface area contributed by atoms with E-state index in [1.165, 1.54) is 6.07 Å². The summed E-state index contributed by atoms with van der Waals surface area (Å²) in [7, 11) is 0. The Morgan fingerprint density at radius 3 is 2.44 bits per heavy atom. The fraction of sp³-hybridized carbons (Fsp3) is 0.167. The van der Waals surface area contributed by atoms with Gasteiger partial charge in [-0.25, -0.2) is 14.4 Å². The number of hydrogen-bond donors (Lipinski definition) is 0. The zero-order valence-corrected chi connectivity index (χ0v) is 12.6. The van der Waals surface area contributed by atoms with Crippen molar-refractivity contribution >= 4 is 31.9 Å². The van der Waals surface area contributed by atoms with Crippen LogP contribution in [-0.4, -0.2) is 9.97 Å². The summed E-state index contributed by atoms with van der Waals surface area (Å²) in [5.41, 5.74) is 0. The van der Waals surface area contributed by atoms with Crippen molar-refractivity contribution in [3.63, 3.8) is 0 Å². The second-order valence-electron chi connectivity index (χ2n) is 3.59. The maximum atomic E-state index is 13.6. The first-order valence-corrected chi connectivity index (χ1v) is 6.74. The lowest BCUT2D eigenvalue weighted by Crippen LogP contribution is -2.08. The number of benzene rings is 1. The lowest BCUT2D eigenvalue weighted by atomic mass is 10.3. The van der Waals surface area contributed by atoms with E-state index in [1.54, 1.807) is 31.5 Å². The maximum absolute atomic E-state index is 13.6. The molecule has 0 aliphatic heterocycles. The molecule has 94 valence electrons. The Morgan fingerprint density at radius 2 is 1.83 bits per heavy atom. The van der Waals surface area contributed by atoms with Gasteiger partial charge in [0.25, 0.3) is 0 Å². The monoisotopic (exact) mass is 374 g/mol. The molecule has 0 aliphatic carbocycles. The Labute approximate surface area is 121 Å². The van der Waals surface area contributed by atoms with Crippen molar-refractivity contribution in [1.29, 1.82) is 0 Å². The van der Waals surface area contributed by atoms with Gasteiger partial charge in [-0.1, -0.05) is 15.9 Å². The average Bonchev–Trinajstić information content (AvgIpc) is 2.33. The minimum absolute atomic E-state index is 0.178. The van der Waals surface area contributed by atoms with Gasteiger partial charge in [0.05, 0.1) is 4.47 Å². The lowest BCUT2D eigenvalue weighted by Gasteiger charge is -2.13. The molecule has 0 aliphatic rings. The Kier molecular flexibility index (Phi) is 4.29. The van der Waals surface area contributed by atoms with Gasteiger partial charge in [0.1, 0.15) is 0 Å². The van der Waals surface area contributed by atoms with E-state index >= 15 is 0 Å². The smallest absolute Gasteiger partial charge is 0.169 e. The third-order valence-electron chi connectivity index (χ3n) is 2.20. The van der Waals surface area contributed by atoms with Crippen LogP contribution in [0.25, 0.3) is 0 Å². The van der Waals surface area contributed by atoms with Crippen LogP contribution in [0.5, 0.6) is 5.75 Å². The zero-order valence-electron chi connectivity index (χ0n) is 9.40. The number of hydrogen-bond acceptors (Lipinski definition) is 3. The molecule has 0 saturated carbocycles. The van der Waals surface area contributed by atoms with Crippen LogP contribution in [0.15, 0.2) is 39.5 Å². The predicted molar refractivity (Wildman–Crippen MR) is 72.9 cm³/mol. The maximum Gasteiger partial charge on any atom is 0.169 e. The van der Waals surface area contributed by atoms with Crippen LogP contribution >= 0.6 is 31.9 Å². The molecule has 1 aromatic carbocycles. The highest BCUT2D eigenvalue weighted by atomic mass is 79.9. The molecule has 2 aromatic rings. The summed E-state index contributed by atoms with van der Waals surface area (Å²) < 4.78 is 20.5. The van der Waals surface area contributed by atoms with Gasteiger partial charge in [-0.15, -0.1) is 0 Å². The molecule has 0 fully saturated rings. The summed E-state index contributed by atoms with van der Waals surface area (Å²) in [4.78, 5) is 8.21. The van der Waals surface area contributed by atoms with Gasteiger partial charge in [0.15, 0.2) is 23.5 Å². The Morgan fingerprint density at radius 1 is 1.17 bits per heavy atom. The van der Waals surface area contributed by atoms with E-state index in [9.17, 15) is 4.39 Å². The Bertz CT molecular complexity index is 548. The molecule has 18 heavy (non-hydrogen) atoms. The molecule has 2 rings (SSSR count). The average molecular weight is 376 g/mol. The van der Waals surface area contributed by atoms with E-state index in [4.69, 9.17) is 4.74 Å². The number of rotatable bonds is 3. The Hall–Kier alpha value is -1.01. The number of ether oxygens (including phenoxy) is 1. The highest BCUT2D eigenvalue weighted by Gasteiger charge is 2.13. The lowest BCUT2D eigenvalue weighted by molar-refractivity contribution is 0.206. The van der Waals surface area contributed by atoms with Crippen LogP contribution in [-0.2, 0) is 0 Å². The molecular formula is C12H9Br2FN2O. The van der Waals surface area contributed by atoms with Gasteiger partial charge in [-0.05, 0) is 41.1 Å². The van der Waals surface area contributed by atoms with Gasteiger partial charge in [0, 0.05) is 16.9 Å². The topological polar surface area (TPSA) is 35.0 Å². The van der Waals surface area contributed by atoms with Crippen molar-refractivity contribution in [2.45, 2.75) is 13.0 Å². The van der Waals surface area contributed by atoms with E-state index in [0.717, 1.165) is 4.47 Å². The molecule has 0 N–H and O–H groups in total. The quantitative estimate of drug-likeness (QED) is 0.802. The van der Waals surface area contributed by atoms with E-state index in [0.29, 0.717) is 10.3 Å². The van der Waals surface area contributed by atoms with E-state index in [1.807, 2.05) is 0 Å². The van der Waals surface area contributed by atoms with Crippen molar-refractivity contribution in [2.24, 2.45) is 0 Å². The molecule has 0 bridgehead atoms. The molecule has 1 heterocycles. The SMILES string of the molecule is C[C@@H](Oc1ccc(Br)cc1F)c1ncc(Br)cn1. The fourth-order valence-corrected chi connectivity index (χ4v) is 1.88. The minimum Gasteiger partial charge on any atom is -0.480 e. The van der Waals surface area contributed by atoms with Gasteiger partial charge < -0.3 is 4.74 Å². The third kappa shape index (κ3) is 3.26. The summed E-state index contributed by atoms with van der Waals surface area (Å²) in [5, 5.41) is 0. The second-order valence-corrected chi connectivity index (χ2v) is 5.43. The summed E-state index contributed by atoms with van der Waals surface area (Å²) in [6.07, 6.45) is 2.83. The van der Waals surface area contributed by atoms with Crippen LogP contribution in [0.3, 0.4) is 0 Å². The first kappa shape index (κ1) is 13.4. The molecule has 6 heteroatoms. The predicted octanol–water partition coefficient (Wildman–Crippen LogP) is 4.28. The van der Waals surface area contributed by atoms with Crippen LogP contribution in [0.1, 0.15) is 18.9 Å². The van der Waals surface area contributed by atoms with Crippen molar-refractivity contribution in [1.82, 2.24) is 9.97 Å². The number of halogens is 3. The van der Waals surface area contributed by atoms with Gasteiger partial charge in [-0.3, -0.25) is 0 Å². The van der Waals surface area contributed by atoms with E-state index in [2.05, 4.69) is 41.8 Å². The normalized spacial score (nSPS) is 12.2. The standard InChI is InChI=1S/C12H9Br2FN2O/c1-7(12-16-5-9(14)6-17-12)18-11-3-2-8(13)4-10(11)15/h2-7H,1H3/t7-/m1/s1. The second kappa shape index (κ2) is 5.75. The molecule has 0 saturated heterocycles. The van der Waals surface area contributed by atoms with Crippen LogP contribution in [0.2, 0.25) is 0 Å². The van der Waals surface area contributed by atoms with Crippen LogP contribution < -0.4 is 4.74 Å². The summed E-state index contributed by atoms with van der Waals surface area (Å²) in [6, 6.07) is 4.63. The van der Waals surface area contributed by atoms with Crippen molar-refractivity contribution in [3.8, 4) is 5.75 Å². The van der Waals surface area contributed by atoms with Crippen molar-refractivity contribution in [2.75, 3.05) is 0 Å². The largest absolute Gasteiger partial charge is 0.480 e. The van der Waals surface area contributed by atoms with Gasteiger partial charge >= 0.3 is 0 Å². The van der Waals surface area contributed by atoms with Crippen molar-refractivity contribution in [3.05, 3.63) is 51.2 Å². The van der Waals surface area contributed by atoms with Gasteiger partial charge in [-0.2, -0.15) is 0 Å².